The van der Waals surface area contributed by atoms with Gasteiger partial charge in [0.1, 0.15) is 17.0 Å². The minimum Gasteiger partial charge on any atom is -0.378 e. The predicted molar refractivity (Wildman–Crippen MR) is 124 cm³/mol. The van der Waals surface area contributed by atoms with Crippen LogP contribution in [0.2, 0.25) is 0 Å². The number of nitrogens with zero attached hydrogens (tertiary/aromatic N) is 2. The third kappa shape index (κ3) is 3.19. The van der Waals surface area contributed by atoms with Gasteiger partial charge >= 0.3 is 0 Å². The Hall–Kier alpha value is -2.92. The Morgan fingerprint density at radius 1 is 0.710 bits per heavy atom. The fraction of sp³-hybridized carbons (Fsp3) is 0.385. The van der Waals surface area contributed by atoms with Gasteiger partial charge < -0.3 is 14.9 Å². The molecule has 2 saturated heterocycles. The molecule has 2 aliphatic heterocycles. The number of hydrogen-bond donors (Lipinski definition) is 1. The molecule has 2 heterocycles. The van der Waals surface area contributed by atoms with E-state index >= 15 is 0 Å². The Balaban J connectivity index is 1.60. The first-order valence-corrected chi connectivity index (χ1v) is 11.3. The summed E-state index contributed by atoms with van der Waals surface area (Å²) in [4.78, 5) is 29.5. The first kappa shape index (κ1) is 20.0. The minimum absolute atomic E-state index is 0.316. The van der Waals surface area contributed by atoms with Gasteiger partial charge in [-0.05, 0) is 43.2 Å². The standard InChI is InChI=1S/C26H28N2O3/c29-24-22(27-16-8-3-9-17-27)23(25(24)30)28-18-10-15-21(28)26(31,19-11-4-1-5-12-19)20-13-6-2-7-14-20/h1-2,4-7,11-14,21,31H,3,8-10,15-18H2/t21-/m0/s1. The molecule has 5 nitrogen and oxygen atoms in total. The van der Waals surface area contributed by atoms with Crippen LogP contribution in [0.25, 0.3) is 0 Å². The molecule has 0 radical (unpaired) electrons. The number of rotatable bonds is 5. The smallest absolute Gasteiger partial charge is 0.253 e. The minimum atomic E-state index is -1.28. The molecule has 31 heavy (non-hydrogen) atoms. The molecular weight excluding hydrogens is 388 g/mol. The van der Waals surface area contributed by atoms with Gasteiger partial charge in [-0.15, -0.1) is 0 Å². The highest BCUT2D eigenvalue weighted by atomic mass is 16.3. The van der Waals surface area contributed by atoms with Gasteiger partial charge in [-0.1, -0.05) is 60.7 Å². The van der Waals surface area contributed by atoms with Crippen LogP contribution in [0, 0.1) is 0 Å². The summed E-state index contributed by atoms with van der Waals surface area (Å²) in [5.41, 5.74) is 0.631. The fourth-order valence-corrected chi connectivity index (χ4v) is 5.45. The fourth-order valence-electron chi connectivity index (χ4n) is 5.45. The van der Waals surface area contributed by atoms with Crippen molar-refractivity contribution in [3.05, 3.63) is 92.2 Å². The van der Waals surface area contributed by atoms with E-state index in [1.54, 1.807) is 0 Å². The number of hydrogen-bond acceptors (Lipinski definition) is 5. The molecule has 2 fully saturated rings. The lowest BCUT2D eigenvalue weighted by Gasteiger charge is -2.42. The Kier molecular flexibility index (Phi) is 5.14. The topological polar surface area (TPSA) is 60.9 Å². The van der Waals surface area contributed by atoms with Crippen LogP contribution in [0.1, 0.15) is 43.2 Å². The molecule has 1 N–H and O–H groups in total. The highest BCUT2D eigenvalue weighted by Crippen LogP contribution is 2.43. The Morgan fingerprint density at radius 3 is 1.84 bits per heavy atom. The predicted octanol–water partition coefficient (Wildman–Crippen LogP) is 3.18. The monoisotopic (exact) mass is 416 g/mol. The maximum atomic E-state index is 12.8. The second-order valence-electron chi connectivity index (χ2n) is 8.75. The number of piperidine rings is 1. The molecule has 3 aromatic carbocycles. The molecule has 0 aromatic heterocycles. The van der Waals surface area contributed by atoms with Crippen LogP contribution >= 0.6 is 0 Å². The quantitative estimate of drug-likeness (QED) is 0.648. The van der Waals surface area contributed by atoms with Gasteiger partial charge in [0.05, 0.1) is 6.04 Å². The highest BCUT2D eigenvalue weighted by molar-refractivity contribution is 5.77. The van der Waals surface area contributed by atoms with E-state index in [2.05, 4.69) is 4.90 Å². The average molecular weight is 417 g/mol. The molecule has 0 unspecified atom stereocenters. The lowest BCUT2D eigenvalue weighted by molar-refractivity contribution is 0.0529. The van der Waals surface area contributed by atoms with Gasteiger partial charge in [-0.25, -0.2) is 0 Å². The molecule has 5 heteroatoms. The van der Waals surface area contributed by atoms with E-state index in [1.165, 1.54) is 0 Å². The van der Waals surface area contributed by atoms with E-state index < -0.39 is 11.0 Å². The van der Waals surface area contributed by atoms with Crippen molar-refractivity contribution >= 4 is 11.4 Å². The van der Waals surface area contributed by atoms with E-state index in [0.717, 1.165) is 56.3 Å². The van der Waals surface area contributed by atoms with Crippen molar-refractivity contribution in [2.75, 3.05) is 29.4 Å². The summed E-state index contributed by atoms with van der Waals surface area (Å²) in [6, 6.07) is 19.0. The molecule has 1 atom stereocenters. The maximum absolute atomic E-state index is 12.8. The van der Waals surface area contributed by atoms with Crippen molar-refractivity contribution in [3.63, 3.8) is 0 Å². The van der Waals surface area contributed by atoms with Crippen molar-refractivity contribution in [1.82, 2.24) is 0 Å². The van der Waals surface area contributed by atoms with Crippen LogP contribution in [0.3, 0.4) is 0 Å². The summed E-state index contributed by atoms with van der Waals surface area (Å²) in [5, 5.41) is 12.3. The van der Waals surface area contributed by atoms with Gasteiger partial charge in [0.15, 0.2) is 0 Å². The zero-order valence-electron chi connectivity index (χ0n) is 17.7. The lowest BCUT2D eigenvalue weighted by Crippen LogP contribution is -2.54. The summed E-state index contributed by atoms with van der Waals surface area (Å²) in [6.07, 6.45) is 4.86. The van der Waals surface area contributed by atoms with Crippen molar-refractivity contribution in [1.29, 1.82) is 0 Å². The van der Waals surface area contributed by atoms with E-state index in [0.29, 0.717) is 17.9 Å². The van der Waals surface area contributed by atoms with Crippen molar-refractivity contribution < 1.29 is 5.11 Å². The molecule has 0 bridgehead atoms. The SMILES string of the molecule is O=c1c(N2CCCCC2)c(N2CCC[C@H]2C(O)(c2ccccc2)c2ccccc2)c1=O. The van der Waals surface area contributed by atoms with Gasteiger partial charge in [0.25, 0.3) is 10.9 Å². The van der Waals surface area contributed by atoms with Gasteiger partial charge in [-0.2, -0.15) is 0 Å². The van der Waals surface area contributed by atoms with Gasteiger partial charge in [-0.3, -0.25) is 9.59 Å². The second kappa shape index (κ2) is 7.97. The maximum Gasteiger partial charge on any atom is 0.253 e. The number of anilines is 2. The third-order valence-electron chi connectivity index (χ3n) is 6.98. The summed E-state index contributed by atoms with van der Waals surface area (Å²) in [7, 11) is 0. The van der Waals surface area contributed by atoms with Gasteiger partial charge in [0.2, 0.25) is 0 Å². The molecule has 0 aliphatic carbocycles. The zero-order chi connectivity index (χ0) is 21.4. The normalized spacial score (nSPS) is 19.8. The van der Waals surface area contributed by atoms with Crippen molar-refractivity contribution in [2.45, 2.75) is 43.7 Å². The van der Waals surface area contributed by atoms with Crippen molar-refractivity contribution in [2.24, 2.45) is 0 Å². The molecule has 0 spiro atoms. The molecule has 3 aromatic rings. The largest absolute Gasteiger partial charge is 0.378 e. The summed E-state index contributed by atoms with van der Waals surface area (Å²) < 4.78 is 0. The van der Waals surface area contributed by atoms with Crippen LogP contribution in [0.4, 0.5) is 11.4 Å². The first-order valence-electron chi connectivity index (χ1n) is 11.3. The van der Waals surface area contributed by atoms with Gasteiger partial charge in [0, 0.05) is 19.6 Å². The van der Waals surface area contributed by atoms with Crippen LogP contribution in [-0.2, 0) is 5.60 Å². The van der Waals surface area contributed by atoms with E-state index in [1.807, 2.05) is 65.6 Å². The lowest BCUT2D eigenvalue weighted by atomic mass is 9.78. The molecule has 5 rings (SSSR count). The van der Waals surface area contributed by atoms with E-state index in [-0.39, 0.29) is 11.5 Å². The first-order chi connectivity index (χ1) is 15.1. The Bertz CT molecular complexity index is 1070. The van der Waals surface area contributed by atoms with Crippen LogP contribution in [0.15, 0.2) is 70.3 Å². The molecule has 0 amide bonds. The van der Waals surface area contributed by atoms with Crippen molar-refractivity contribution in [3.8, 4) is 0 Å². The second-order valence-corrected chi connectivity index (χ2v) is 8.75. The summed E-state index contributed by atoms with van der Waals surface area (Å²) >= 11 is 0. The average Bonchev–Trinajstić information content (AvgIpc) is 3.32. The third-order valence-corrected chi connectivity index (χ3v) is 6.98. The van der Waals surface area contributed by atoms with E-state index in [4.69, 9.17) is 0 Å². The summed E-state index contributed by atoms with van der Waals surface area (Å²) in [6.45, 7) is 2.30. The summed E-state index contributed by atoms with van der Waals surface area (Å²) in [5.74, 6) is 0. The molecule has 160 valence electrons. The molecule has 0 saturated carbocycles. The van der Waals surface area contributed by atoms with Crippen LogP contribution in [0.5, 0.6) is 0 Å². The highest BCUT2D eigenvalue weighted by Gasteiger charge is 2.48. The zero-order valence-corrected chi connectivity index (χ0v) is 17.7. The Morgan fingerprint density at radius 2 is 1.26 bits per heavy atom. The number of benzene rings is 2. The molecular formula is C26H28N2O3. The molecule has 2 aliphatic rings. The Labute approximate surface area is 182 Å². The van der Waals surface area contributed by atoms with Crippen LogP contribution < -0.4 is 20.7 Å². The van der Waals surface area contributed by atoms with E-state index in [9.17, 15) is 14.7 Å². The van der Waals surface area contributed by atoms with Crippen LogP contribution in [-0.4, -0.2) is 30.8 Å². The number of aliphatic hydroxyl groups is 1.